The zero-order valence-corrected chi connectivity index (χ0v) is 22.1. The lowest BCUT2D eigenvalue weighted by atomic mass is 9.99. The first-order valence-electron chi connectivity index (χ1n) is 11.6. The molecule has 4 aliphatic rings. The summed E-state index contributed by atoms with van der Waals surface area (Å²) in [6.45, 7) is 0. The quantitative estimate of drug-likeness (QED) is 0.286. The SMILES string of the molecule is O=C1[O][Al]2[O]C(=O)c3ccc4cc1cc(c4c3)C(=O)[O]2.O=C1[O][Al]2[O]C(=O)c3ccc4cc1cc(c4c3)C(=O)[O]2. The molecular formula is C26H10Al2O12. The summed E-state index contributed by atoms with van der Waals surface area (Å²) in [7, 11) is 0. The van der Waals surface area contributed by atoms with Gasteiger partial charge < -0.3 is 22.7 Å². The van der Waals surface area contributed by atoms with Crippen LogP contribution in [0.5, 0.6) is 0 Å². The van der Waals surface area contributed by atoms with E-state index < -0.39 is 66.1 Å². The maximum Gasteiger partial charge on any atom is 1.20 e. The van der Waals surface area contributed by atoms with Crippen molar-refractivity contribution in [1.29, 1.82) is 0 Å². The van der Waals surface area contributed by atoms with Crippen molar-refractivity contribution in [3.63, 3.8) is 0 Å². The van der Waals surface area contributed by atoms with E-state index in [4.69, 9.17) is 22.7 Å². The van der Waals surface area contributed by atoms with Crippen molar-refractivity contribution in [2.24, 2.45) is 0 Å². The van der Waals surface area contributed by atoms with Gasteiger partial charge in [-0.15, -0.1) is 0 Å². The Kier molecular flexibility index (Phi) is 5.42. The molecule has 0 unspecified atom stereocenters. The van der Waals surface area contributed by atoms with Crippen LogP contribution in [-0.4, -0.2) is 66.1 Å². The Labute approximate surface area is 232 Å². The minimum atomic E-state index is -3.18. The predicted octanol–water partition coefficient (Wildman–Crippen LogP) is 2.64. The molecule has 10 bridgehead atoms. The zero-order valence-electron chi connectivity index (χ0n) is 19.8. The first-order valence-corrected chi connectivity index (χ1v) is 14.5. The van der Waals surface area contributed by atoms with Crippen LogP contribution in [0.3, 0.4) is 0 Å². The fraction of sp³-hybridized carbons (Fsp3) is 0. The van der Waals surface area contributed by atoms with Gasteiger partial charge in [0, 0.05) is 0 Å². The molecule has 0 aromatic heterocycles. The molecule has 0 N–H and O–H groups in total. The molecule has 0 aliphatic carbocycles. The van der Waals surface area contributed by atoms with Crippen molar-refractivity contribution < 1.29 is 51.5 Å². The van der Waals surface area contributed by atoms with E-state index in [1.165, 1.54) is 12.1 Å². The molecular weight excluding hydrogens is 558 g/mol. The van der Waals surface area contributed by atoms with Gasteiger partial charge in [-0.2, -0.15) is 0 Å². The Morgan fingerprint density at radius 1 is 0.375 bits per heavy atom. The molecule has 0 atom stereocenters. The van der Waals surface area contributed by atoms with E-state index >= 15 is 0 Å². The van der Waals surface area contributed by atoms with Crippen LogP contribution in [0.1, 0.15) is 62.1 Å². The van der Waals surface area contributed by atoms with Crippen molar-refractivity contribution in [3.05, 3.63) is 94.0 Å². The second-order valence-corrected chi connectivity index (χ2v) is 11.5. The van der Waals surface area contributed by atoms with E-state index in [1.807, 2.05) is 0 Å². The normalized spacial score (nSPS) is 16.4. The van der Waals surface area contributed by atoms with E-state index in [0.29, 0.717) is 32.7 Å². The molecule has 40 heavy (non-hydrogen) atoms. The maximum absolute atomic E-state index is 12.1. The molecule has 192 valence electrons. The minimum absolute atomic E-state index is 0.242. The minimum Gasteiger partial charge on any atom is -0.547 e. The average Bonchev–Trinajstić information content (AvgIpc) is 2.94. The summed E-state index contributed by atoms with van der Waals surface area (Å²) in [6, 6.07) is 15.7. The first kappa shape index (κ1) is 24.3. The number of benzene rings is 4. The molecule has 0 saturated heterocycles. The van der Waals surface area contributed by atoms with Crippen LogP contribution in [0.15, 0.2) is 60.7 Å². The zero-order chi connectivity index (χ0) is 27.7. The largest absolute Gasteiger partial charge is 1.20 e. The fourth-order valence-electron chi connectivity index (χ4n) is 4.61. The molecule has 4 aromatic carbocycles. The lowest BCUT2D eigenvalue weighted by Gasteiger charge is -2.16. The smallest absolute Gasteiger partial charge is 0.547 e. The van der Waals surface area contributed by atoms with Gasteiger partial charge in [-0.05, 0) is 70.1 Å². The van der Waals surface area contributed by atoms with Crippen molar-refractivity contribution in [1.82, 2.24) is 0 Å². The summed E-state index contributed by atoms with van der Waals surface area (Å²) in [5.41, 5.74) is 1.55. The van der Waals surface area contributed by atoms with Gasteiger partial charge in [0.25, 0.3) is 0 Å². The Morgan fingerprint density at radius 2 is 0.725 bits per heavy atom. The number of carbonyl (C=O) groups excluding carboxylic acids is 6. The van der Waals surface area contributed by atoms with Gasteiger partial charge in [0.05, 0.1) is 33.4 Å². The Morgan fingerprint density at radius 3 is 1.12 bits per heavy atom. The molecule has 4 aromatic rings. The molecule has 0 fully saturated rings. The maximum atomic E-state index is 12.1. The molecule has 8 rings (SSSR count). The summed E-state index contributed by atoms with van der Waals surface area (Å²) in [6.07, 6.45) is 0. The van der Waals surface area contributed by atoms with Gasteiger partial charge in [0.15, 0.2) is 0 Å². The number of hydrogen-bond donors (Lipinski definition) is 0. The predicted molar refractivity (Wildman–Crippen MR) is 132 cm³/mol. The molecule has 14 heteroatoms. The van der Waals surface area contributed by atoms with Crippen molar-refractivity contribution in [3.8, 4) is 0 Å². The second-order valence-electron chi connectivity index (χ2n) is 8.93. The third kappa shape index (κ3) is 3.99. The van der Waals surface area contributed by atoms with E-state index in [0.717, 1.165) is 0 Å². The summed E-state index contributed by atoms with van der Waals surface area (Å²) < 4.78 is 30.0. The standard InChI is InChI=1S/2C13H8O6.2Al/c2*14-11(15)7-2-1-6-3-8(12(16)17)5-10(13(18)19)9(6)4-7;;/h2*1-5H,(H,14,15)(H,16,17)(H,18,19);;/q;;2*+3/p-6. The highest BCUT2D eigenvalue weighted by molar-refractivity contribution is 6.47. The molecule has 12 nitrogen and oxygen atoms in total. The summed E-state index contributed by atoms with van der Waals surface area (Å²) >= 11 is -6.37. The fourth-order valence-corrected chi connectivity index (χ4v) is 6.75. The molecule has 4 aliphatic heterocycles. The van der Waals surface area contributed by atoms with Gasteiger partial charge in [0.1, 0.15) is 0 Å². The van der Waals surface area contributed by atoms with Crippen molar-refractivity contribution in [2.75, 3.05) is 0 Å². The topological polar surface area (TPSA) is 158 Å². The lowest BCUT2D eigenvalue weighted by molar-refractivity contribution is 0.0373. The summed E-state index contributed by atoms with van der Waals surface area (Å²) in [4.78, 5) is 71.9. The van der Waals surface area contributed by atoms with Crippen LogP contribution in [0.25, 0.3) is 21.5 Å². The molecule has 4 heterocycles. The van der Waals surface area contributed by atoms with Crippen LogP contribution in [-0.2, 0) is 22.7 Å². The number of carbonyl (C=O) groups is 6. The average molecular weight is 568 g/mol. The number of rotatable bonds is 0. The van der Waals surface area contributed by atoms with Crippen molar-refractivity contribution >= 4 is 87.7 Å². The summed E-state index contributed by atoms with van der Waals surface area (Å²) in [5, 5.41) is 2.42. The number of hydrogen-bond acceptors (Lipinski definition) is 12. The number of fused-ring (bicyclic) bond motifs is 8. The third-order valence-corrected chi connectivity index (χ3v) is 8.95. The van der Waals surface area contributed by atoms with Crippen LogP contribution < -0.4 is 0 Å². The van der Waals surface area contributed by atoms with Crippen LogP contribution in [0.4, 0.5) is 0 Å². The van der Waals surface area contributed by atoms with E-state index in [2.05, 4.69) is 0 Å². The van der Waals surface area contributed by atoms with Crippen LogP contribution >= 0.6 is 0 Å². The first-order chi connectivity index (χ1) is 19.2. The van der Waals surface area contributed by atoms with Gasteiger partial charge in [-0.3, -0.25) is 0 Å². The van der Waals surface area contributed by atoms with Gasteiger partial charge in [0.2, 0.25) is 0 Å². The molecule has 0 amide bonds. The highest BCUT2D eigenvalue weighted by Crippen LogP contribution is 2.29. The monoisotopic (exact) mass is 568 g/mol. The lowest BCUT2D eigenvalue weighted by Crippen LogP contribution is -2.35. The molecule has 0 radical (unpaired) electrons. The van der Waals surface area contributed by atoms with E-state index in [-0.39, 0.29) is 22.3 Å². The Balaban J connectivity index is 0.000000132. The molecule has 0 spiro atoms. The van der Waals surface area contributed by atoms with Gasteiger partial charge in [-0.1, -0.05) is 12.1 Å². The highest BCUT2D eigenvalue weighted by atomic mass is 27.3. The Bertz CT molecular complexity index is 1760. The highest BCUT2D eigenvalue weighted by Gasteiger charge is 2.52. The van der Waals surface area contributed by atoms with Crippen molar-refractivity contribution in [2.45, 2.75) is 0 Å². The Hall–Kier alpha value is -4.72. The van der Waals surface area contributed by atoms with Crippen LogP contribution in [0, 0.1) is 0 Å². The van der Waals surface area contributed by atoms with E-state index in [1.54, 1.807) is 48.5 Å². The van der Waals surface area contributed by atoms with E-state index in [9.17, 15) is 28.8 Å². The third-order valence-electron chi connectivity index (χ3n) is 6.51. The summed E-state index contributed by atoms with van der Waals surface area (Å²) in [5.74, 6) is -3.94. The second kappa shape index (κ2) is 8.91. The van der Waals surface area contributed by atoms with Gasteiger partial charge in [-0.25, -0.2) is 28.8 Å². The molecule has 0 saturated carbocycles. The van der Waals surface area contributed by atoms with Gasteiger partial charge >= 0.3 is 66.1 Å². The van der Waals surface area contributed by atoms with Crippen LogP contribution in [0.2, 0.25) is 0 Å².